The van der Waals surface area contributed by atoms with E-state index in [1.54, 1.807) is 31.4 Å². The number of anilines is 1. The molecule has 0 bridgehead atoms. The highest BCUT2D eigenvalue weighted by molar-refractivity contribution is 7.91. The molecule has 7 nitrogen and oxygen atoms in total. The first-order chi connectivity index (χ1) is 16.4. The molecule has 0 spiro atoms. The Balaban J connectivity index is 1.50. The predicted octanol–water partition coefficient (Wildman–Crippen LogP) is 4.60. The van der Waals surface area contributed by atoms with Crippen molar-refractivity contribution in [1.82, 2.24) is 9.88 Å². The molecule has 8 heteroatoms. The standard InChI is InChI=1S/C26H27N3O4S/c1-19-25(23-13-6-7-14-24(23)29(19)18-20-9-4-3-5-10-20)34(31,32)16-15-27-26(30)28-21-11-8-12-22(17-21)33-2/h3-14,17H,15-16,18H2,1-2H3,(H2,27,28,30). The Kier molecular flexibility index (Phi) is 6.88. The first-order valence-electron chi connectivity index (χ1n) is 10.9. The number of aromatic nitrogens is 1. The molecule has 4 rings (SSSR count). The quantitative estimate of drug-likeness (QED) is 0.388. The van der Waals surface area contributed by atoms with E-state index in [2.05, 4.69) is 10.6 Å². The van der Waals surface area contributed by atoms with Crippen molar-refractivity contribution >= 4 is 32.5 Å². The molecule has 0 unspecified atom stereocenters. The van der Waals surface area contributed by atoms with Gasteiger partial charge in [0.1, 0.15) is 5.75 Å². The second kappa shape index (κ2) is 10.0. The van der Waals surface area contributed by atoms with Gasteiger partial charge in [0.15, 0.2) is 9.84 Å². The zero-order valence-corrected chi connectivity index (χ0v) is 19.9. The molecule has 0 aliphatic rings. The Hall–Kier alpha value is -3.78. The van der Waals surface area contributed by atoms with Gasteiger partial charge in [0.2, 0.25) is 0 Å². The molecule has 0 fully saturated rings. The van der Waals surface area contributed by atoms with E-state index < -0.39 is 15.9 Å². The summed E-state index contributed by atoms with van der Waals surface area (Å²) in [5.41, 5.74) is 3.20. The normalized spacial score (nSPS) is 11.4. The zero-order chi connectivity index (χ0) is 24.1. The summed E-state index contributed by atoms with van der Waals surface area (Å²) in [5, 5.41) is 6.01. The van der Waals surface area contributed by atoms with Gasteiger partial charge in [-0.15, -0.1) is 0 Å². The van der Waals surface area contributed by atoms with Gasteiger partial charge in [-0.25, -0.2) is 13.2 Å². The Morgan fingerprint density at radius 3 is 2.47 bits per heavy atom. The molecule has 1 heterocycles. The molecular formula is C26H27N3O4S. The lowest BCUT2D eigenvalue weighted by Gasteiger charge is -2.11. The van der Waals surface area contributed by atoms with Crippen molar-refractivity contribution in [2.75, 3.05) is 24.7 Å². The number of sulfone groups is 1. The van der Waals surface area contributed by atoms with Crippen LogP contribution in [-0.4, -0.2) is 38.4 Å². The van der Waals surface area contributed by atoms with E-state index in [0.29, 0.717) is 34.0 Å². The maximum absolute atomic E-state index is 13.4. The smallest absolute Gasteiger partial charge is 0.319 e. The van der Waals surface area contributed by atoms with Crippen LogP contribution in [0.25, 0.3) is 10.9 Å². The molecule has 0 saturated heterocycles. The summed E-state index contributed by atoms with van der Waals surface area (Å²) < 4.78 is 33.9. The van der Waals surface area contributed by atoms with Gasteiger partial charge < -0.3 is 19.9 Å². The largest absolute Gasteiger partial charge is 0.497 e. The number of amides is 2. The van der Waals surface area contributed by atoms with Crippen LogP contribution in [0, 0.1) is 6.92 Å². The summed E-state index contributed by atoms with van der Waals surface area (Å²) >= 11 is 0. The van der Waals surface area contributed by atoms with Crippen LogP contribution in [-0.2, 0) is 16.4 Å². The van der Waals surface area contributed by atoms with Crippen LogP contribution in [0.2, 0.25) is 0 Å². The summed E-state index contributed by atoms with van der Waals surface area (Å²) in [6.07, 6.45) is 0. The Bertz CT molecular complexity index is 1410. The third kappa shape index (κ3) is 5.07. The second-order valence-electron chi connectivity index (χ2n) is 7.94. The predicted molar refractivity (Wildman–Crippen MR) is 134 cm³/mol. The van der Waals surface area contributed by atoms with Crippen molar-refractivity contribution in [3.05, 3.63) is 90.1 Å². The minimum atomic E-state index is -3.65. The zero-order valence-electron chi connectivity index (χ0n) is 19.1. The van der Waals surface area contributed by atoms with Crippen LogP contribution in [0.15, 0.2) is 83.8 Å². The number of benzene rings is 3. The van der Waals surface area contributed by atoms with Gasteiger partial charge in [0.25, 0.3) is 0 Å². The van der Waals surface area contributed by atoms with Gasteiger partial charge in [-0.3, -0.25) is 0 Å². The number of carbonyl (C=O) groups is 1. The minimum Gasteiger partial charge on any atom is -0.497 e. The third-order valence-corrected chi connectivity index (χ3v) is 7.53. The first kappa shape index (κ1) is 23.4. The van der Waals surface area contributed by atoms with E-state index >= 15 is 0 Å². The number of ether oxygens (including phenoxy) is 1. The third-order valence-electron chi connectivity index (χ3n) is 5.65. The molecule has 0 saturated carbocycles. The number of urea groups is 1. The van der Waals surface area contributed by atoms with E-state index in [1.165, 1.54) is 0 Å². The summed E-state index contributed by atoms with van der Waals surface area (Å²) in [5.74, 6) is 0.404. The molecule has 2 amide bonds. The number of methoxy groups -OCH3 is 1. The maximum atomic E-state index is 13.4. The Morgan fingerprint density at radius 1 is 0.971 bits per heavy atom. The minimum absolute atomic E-state index is 0.0181. The number of nitrogens with one attached hydrogen (secondary N) is 2. The molecular weight excluding hydrogens is 450 g/mol. The van der Waals surface area contributed by atoms with Crippen LogP contribution in [0.5, 0.6) is 5.75 Å². The van der Waals surface area contributed by atoms with Gasteiger partial charge in [-0.2, -0.15) is 0 Å². The van der Waals surface area contributed by atoms with Crippen molar-refractivity contribution in [2.45, 2.75) is 18.4 Å². The summed E-state index contributed by atoms with van der Waals surface area (Å²) in [7, 11) is -2.11. The molecule has 0 atom stereocenters. The van der Waals surface area contributed by atoms with Crippen LogP contribution in [0.4, 0.5) is 10.5 Å². The SMILES string of the molecule is COc1cccc(NC(=O)NCCS(=O)(=O)c2c(C)n(Cc3ccccc3)c3ccccc23)c1. The molecule has 3 aromatic carbocycles. The number of nitrogens with zero attached hydrogens (tertiary/aromatic N) is 1. The average molecular weight is 478 g/mol. The second-order valence-corrected chi connectivity index (χ2v) is 9.98. The number of carbonyl (C=O) groups excluding carboxylic acids is 1. The number of hydrogen-bond donors (Lipinski definition) is 2. The molecule has 0 radical (unpaired) electrons. The number of rotatable bonds is 8. The maximum Gasteiger partial charge on any atom is 0.319 e. The fourth-order valence-electron chi connectivity index (χ4n) is 4.04. The highest BCUT2D eigenvalue weighted by Gasteiger charge is 2.25. The van der Waals surface area contributed by atoms with Crippen LogP contribution in [0.1, 0.15) is 11.3 Å². The van der Waals surface area contributed by atoms with Crippen LogP contribution < -0.4 is 15.4 Å². The lowest BCUT2D eigenvalue weighted by atomic mass is 10.2. The van der Waals surface area contributed by atoms with E-state index in [4.69, 9.17) is 4.74 Å². The fraction of sp³-hybridized carbons (Fsp3) is 0.192. The van der Waals surface area contributed by atoms with Gasteiger partial charge in [0, 0.05) is 41.4 Å². The van der Waals surface area contributed by atoms with Crippen LogP contribution in [0.3, 0.4) is 0 Å². The molecule has 176 valence electrons. The molecule has 0 aliphatic carbocycles. The highest BCUT2D eigenvalue weighted by atomic mass is 32.2. The lowest BCUT2D eigenvalue weighted by Crippen LogP contribution is -2.33. The van der Waals surface area contributed by atoms with Crippen molar-refractivity contribution in [2.24, 2.45) is 0 Å². The molecule has 34 heavy (non-hydrogen) atoms. The van der Waals surface area contributed by atoms with Crippen molar-refractivity contribution in [1.29, 1.82) is 0 Å². The van der Waals surface area contributed by atoms with Gasteiger partial charge in [-0.1, -0.05) is 54.6 Å². The van der Waals surface area contributed by atoms with Crippen molar-refractivity contribution in [3.63, 3.8) is 0 Å². The molecule has 0 aliphatic heterocycles. The van der Waals surface area contributed by atoms with Gasteiger partial charge in [0.05, 0.1) is 17.8 Å². The van der Waals surface area contributed by atoms with Crippen LogP contribution >= 0.6 is 0 Å². The Morgan fingerprint density at radius 2 is 1.71 bits per heavy atom. The van der Waals surface area contributed by atoms with Crippen molar-refractivity contribution < 1.29 is 17.9 Å². The number of para-hydroxylation sites is 1. The Labute approximate surface area is 199 Å². The number of fused-ring (bicyclic) bond motifs is 1. The lowest BCUT2D eigenvalue weighted by molar-refractivity contribution is 0.252. The van der Waals surface area contributed by atoms with Gasteiger partial charge >= 0.3 is 6.03 Å². The fourth-order valence-corrected chi connectivity index (χ4v) is 5.68. The van der Waals surface area contributed by atoms with E-state index in [9.17, 15) is 13.2 Å². The first-order valence-corrected chi connectivity index (χ1v) is 12.6. The van der Waals surface area contributed by atoms with Crippen molar-refractivity contribution in [3.8, 4) is 5.75 Å². The van der Waals surface area contributed by atoms with E-state index in [-0.39, 0.29) is 12.3 Å². The highest BCUT2D eigenvalue weighted by Crippen LogP contribution is 2.31. The molecule has 1 aromatic heterocycles. The van der Waals surface area contributed by atoms with E-state index in [1.807, 2.05) is 66.1 Å². The topological polar surface area (TPSA) is 89.4 Å². The summed E-state index contributed by atoms with van der Waals surface area (Å²) in [6.45, 7) is 2.39. The number of hydrogen-bond acceptors (Lipinski definition) is 4. The molecule has 2 N–H and O–H groups in total. The average Bonchev–Trinajstić information content (AvgIpc) is 3.11. The summed E-state index contributed by atoms with van der Waals surface area (Å²) in [6, 6.07) is 23.9. The van der Waals surface area contributed by atoms with E-state index in [0.717, 1.165) is 11.1 Å². The monoisotopic (exact) mass is 477 g/mol. The van der Waals surface area contributed by atoms with Gasteiger partial charge in [-0.05, 0) is 30.7 Å². The summed E-state index contributed by atoms with van der Waals surface area (Å²) in [4.78, 5) is 12.6. The molecule has 4 aromatic rings.